The molecule has 0 spiro atoms. The van der Waals surface area contributed by atoms with Crippen LogP contribution in [0.25, 0.3) is 0 Å². The summed E-state index contributed by atoms with van der Waals surface area (Å²) in [6.45, 7) is 4.16. The lowest BCUT2D eigenvalue weighted by Crippen LogP contribution is -2.41. The third-order valence-electron chi connectivity index (χ3n) is 7.70. The van der Waals surface area contributed by atoms with Crippen molar-refractivity contribution in [3.63, 3.8) is 0 Å². The van der Waals surface area contributed by atoms with Crippen LogP contribution in [-0.4, -0.2) is 19.5 Å². The molecular weight excluding hydrogens is 368 g/mol. The van der Waals surface area contributed by atoms with Gasteiger partial charge in [0.05, 0.1) is 13.2 Å². The van der Waals surface area contributed by atoms with Crippen molar-refractivity contribution in [2.45, 2.75) is 83.3 Å². The Kier molecular flexibility index (Phi) is 7.36. The van der Waals surface area contributed by atoms with Crippen LogP contribution in [0.3, 0.4) is 0 Å². The molecule has 1 heterocycles. The highest BCUT2D eigenvalue weighted by molar-refractivity contribution is 6.30. The maximum atomic E-state index is 6.27. The summed E-state index contributed by atoms with van der Waals surface area (Å²) in [6.07, 6.45) is 13.3. The summed E-state index contributed by atoms with van der Waals surface area (Å²) in [5.74, 6) is 3.68. The minimum atomic E-state index is 0.0406. The Labute approximate surface area is 176 Å². The van der Waals surface area contributed by atoms with Gasteiger partial charge in [0.25, 0.3) is 0 Å². The van der Waals surface area contributed by atoms with E-state index in [-0.39, 0.29) is 6.29 Å². The molecule has 4 rings (SSSR count). The van der Waals surface area contributed by atoms with Gasteiger partial charge in [-0.3, -0.25) is 0 Å². The lowest BCUT2D eigenvalue weighted by Gasteiger charge is -2.41. The zero-order valence-corrected chi connectivity index (χ0v) is 18.2. The van der Waals surface area contributed by atoms with Crippen LogP contribution >= 0.6 is 11.6 Å². The molecule has 0 unspecified atom stereocenters. The van der Waals surface area contributed by atoms with Gasteiger partial charge in [0.2, 0.25) is 0 Å². The van der Waals surface area contributed by atoms with Crippen LogP contribution < -0.4 is 0 Å². The summed E-state index contributed by atoms with van der Waals surface area (Å²) < 4.78 is 12.5. The van der Waals surface area contributed by atoms with E-state index in [0.717, 1.165) is 30.1 Å². The summed E-state index contributed by atoms with van der Waals surface area (Å²) >= 11 is 6.03. The first kappa shape index (κ1) is 20.7. The average Bonchev–Trinajstić information content (AvgIpc) is 2.75. The minimum absolute atomic E-state index is 0.0406. The van der Waals surface area contributed by atoms with E-state index in [9.17, 15) is 0 Å². The fourth-order valence-electron chi connectivity index (χ4n) is 5.89. The number of halogens is 1. The molecule has 1 aromatic carbocycles. The van der Waals surface area contributed by atoms with Crippen molar-refractivity contribution in [2.75, 3.05) is 13.2 Å². The molecule has 3 fully saturated rings. The van der Waals surface area contributed by atoms with Crippen LogP contribution in [0.4, 0.5) is 0 Å². The fourth-order valence-corrected chi connectivity index (χ4v) is 6.02. The van der Waals surface area contributed by atoms with Crippen molar-refractivity contribution in [2.24, 2.45) is 23.7 Å². The second kappa shape index (κ2) is 9.96. The van der Waals surface area contributed by atoms with E-state index in [2.05, 4.69) is 19.1 Å². The molecule has 0 atom stereocenters. The van der Waals surface area contributed by atoms with E-state index in [1.54, 1.807) is 0 Å². The molecule has 1 aliphatic heterocycles. The maximum Gasteiger partial charge on any atom is 0.160 e. The molecule has 0 aromatic heterocycles. The zero-order valence-electron chi connectivity index (χ0n) is 17.5. The summed E-state index contributed by atoms with van der Waals surface area (Å²) in [5.41, 5.74) is 1.44. The van der Waals surface area contributed by atoms with Gasteiger partial charge < -0.3 is 9.47 Å². The Balaban J connectivity index is 1.19. The first-order valence-corrected chi connectivity index (χ1v) is 12.1. The lowest BCUT2D eigenvalue weighted by molar-refractivity contribution is -0.236. The maximum absolute atomic E-state index is 6.27. The topological polar surface area (TPSA) is 18.5 Å². The van der Waals surface area contributed by atoms with E-state index in [4.69, 9.17) is 21.1 Å². The Bertz CT molecular complexity index is 577. The highest BCUT2D eigenvalue weighted by Gasteiger charge is 2.36. The van der Waals surface area contributed by atoms with Gasteiger partial charge in [-0.1, -0.05) is 56.3 Å². The standard InChI is InChI=1S/C25H37ClO2/c1-2-3-18-4-6-21(7-5-18)23-16-27-25(28-17-23)22-10-8-19(9-11-22)20-12-14-24(26)15-13-20/h12-15,18-19,21-23,25H,2-11,16-17H2,1H3. The second-order valence-corrected chi connectivity index (χ2v) is 9.96. The molecular formula is C25H37ClO2. The van der Waals surface area contributed by atoms with Gasteiger partial charge in [0.15, 0.2) is 6.29 Å². The normalized spacial score (nSPS) is 36.9. The van der Waals surface area contributed by atoms with Crippen LogP contribution in [-0.2, 0) is 9.47 Å². The lowest BCUT2D eigenvalue weighted by atomic mass is 9.74. The molecule has 28 heavy (non-hydrogen) atoms. The molecule has 2 saturated carbocycles. The predicted octanol–water partition coefficient (Wildman–Crippen LogP) is 7.21. The average molecular weight is 405 g/mol. The Hall–Kier alpha value is -0.570. The monoisotopic (exact) mass is 404 g/mol. The van der Waals surface area contributed by atoms with Gasteiger partial charge in [0, 0.05) is 16.9 Å². The van der Waals surface area contributed by atoms with Crippen molar-refractivity contribution in [3.05, 3.63) is 34.9 Å². The first-order valence-electron chi connectivity index (χ1n) is 11.7. The highest BCUT2D eigenvalue weighted by Crippen LogP contribution is 2.41. The smallest absolute Gasteiger partial charge is 0.160 e. The molecule has 0 radical (unpaired) electrons. The molecule has 2 nitrogen and oxygen atoms in total. The third-order valence-corrected chi connectivity index (χ3v) is 7.95. The summed E-state index contributed by atoms with van der Waals surface area (Å²) in [4.78, 5) is 0. The van der Waals surface area contributed by atoms with Crippen molar-refractivity contribution < 1.29 is 9.47 Å². The van der Waals surface area contributed by atoms with Gasteiger partial charge >= 0.3 is 0 Å². The van der Waals surface area contributed by atoms with Crippen molar-refractivity contribution in [3.8, 4) is 0 Å². The SMILES string of the molecule is CCCC1CCC(C2COC(C3CCC(c4ccc(Cl)cc4)CC3)OC2)CC1. The van der Waals surface area contributed by atoms with Crippen molar-refractivity contribution in [1.29, 1.82) is 0 Å². The van der Waals surface area contributed by atoms with Crippen LogP contribution in [0.5, 0.6) is 0 Å². The highest BCUT2D eigenvalue weighted by atomic mass is 35.5. The van der Waals surface area contributed by atoms with Gasteiger partial charge in [0.1, 0.15) is 0 Å². The molecule has 1 saturated heterocycles. The first-order chi connectivity index (χ1) is 13.7. The number of rotatable bonds is 5. The number of ether oxygens (including phenoxy) is 2. The van der Waals surface area contributed by atoms with E-state index in [1.807, 2.05) is 12.1 Å². The summed E-state index contributed by atoms with van der Waals surface area (Å²) in [5, 5.41) is 0.829. The Morgan fingerprint density at radius 1 is 0.786 bits per heavy atom. The predicted molar refractivity (Wildman–Crippen MR) is 116 cm³/mol. The molecule has 156 valence electrons. The van der Waals surface area contributed by atoms with Crippen LogP contribution in [0.2, 0.25) is 5.02 Å². The van der Waals surface area contributed by atoms with Crippen LogP contribution in [0.15, 0.2) is 24.3 Å². The summed E-state index contributed by atoms with van der Waals surface area (Å²) in [7, 11) is 0. The minimum Gasteiger partial charge on any atom is -0.352 e. The van der Waals surface area contributed by atoms with Crippen LogP contribution in [0, 0.1) is 23.7 Å². The van der Waals surface area contributed by atoms with E-state index in [1.165, 1.54) is 69.8 Å². The Morgan fingerprint density at radius 3 is 2.00 bits per heavy atom. The van der Waals surface area contributed by atoms with E-state index < -0.39 is 0 Å². The largest absolute Gasteiger partial charge is 0.352 e. The van der Waals surface area contributed by atoms with Crippen molar-refractivity contribution in [1.82, 2.24) is 0 Å². The van der Waals surface area contributed by atoms with E-state index >= 15 is 0 Å². The van der Waals surface area contributed by atoms with Gasteiger partial charge in [-0.25, -0.2) is 0 Å². The molecule has 0 amide bonds. The molecule has 3 heteroatoms. The second-order valence-electron chi connectivity index (χ2n) is 9.53. The molecule has 2 aliphatic carbocycles. The molecule has 3 aliphatic rings. The number of hydrogen-bond donors (Lipinski definition) is 0. The molecule has 0 bridgehead atoms. The van der Waals surface area contributed by atoms with Gasteiger partial charge in [-0.15, -0.1) is 0 Å². The van der Waals surface area contributed by atoms with Crippen LogP contribution in [0.1, 0.15) is 82.6 Å². The third kappa shape index (κ3) is 5.12. The quantitative estimate of drug-likeness (QED) is 0.516. The molecule has 1 aromatic rings. The fraction of sp³-hybridized carbons (Fsp3) is 0.760. The number of hydrogen-bond acceptors (Lipinski definition) is 2. The molecule has 0 N–H and O–H groups in total. The summed E-state index contributed by atoms with van der Waals surface area (Å²) in [6, 6.07) is 8.43. The van der Waals surface area contributed by atoms with Crippen molar-refractivity contribution >= 4 is 11.6 Å². The van der Waals surface area contributed by atoms with E-state index in [0.29, 0.717) is 17.8 Å². The Morgan fingerprint density at radius 2 is 1.39 bits per heavy atom. The zero-order chi connectivity index (χ0) is 19.3. The van der Waals surface area contributed by atoms with Gasteiger partial charge in [-0.2, -0.15) is 0 Å². The number of benzene rings is 1. The van der Waals surface area contributed by atoms with Gasteiger partial charge in [-0.05, 0) is 74.0 Å².